The van der Waals surface area contributed by atoms with Crippen LogP contribution in [-0.2, 0) is 6.42 Å². The second-order valence-corrected chi connectivity index (χ2v) is 3.56. The molecule has 1 aromatic heterocycles. The summed E-state index contributed by atoms with van der Waals surface area (Å²) in [5.74, 6) is 0. The molecule has 2 nitrogen and oxygen atoms in total. The van der Waals surface area contributed by atoms with E-state index in [4.69, 9.17) is 0 Å². The maximum atomic E-state index is 12.4. The first-order valence-electron chi connectivity index (χ1n) is 4.66. The van der Waals surface area contributed by atoms with Gasteiger partial charge in [0.1, 0.15) is 0 Å². The predicted molar refractivity (Wildman–Crippen MR) is 50.8 cm³/mol. The molecule has 0 bridgehead atoms. The highest BCUT2D eigenvalue weighted by Gasteiger charge is 2.17. The highest BCUT2D eigenvalue weighted by Crippen LogP contribution is 2.28. The van der Waals surface area contributed by atoms with Crippen molar-refractivity contribution in [2.45, 2.75) is 19.3 Å². The number of aromatic nitrogens is 1. The maximum Gasteiger partial charge on any atom is 0.265 e. The van der Waals surface area contributed by atoms with Crippen molar-refractivity contribution < 1.29 is 8.78 Å². The number of rotatable bonds is 1. The zero-order chi connectivity index (χ0) is 10.1. The summed E-state index contributed by atoms with van der Waals surface area (Å²) in [6.07, 6.45) is 0.791. The molecular formula is C10H12F2N2. The minimum absolute atomic E-state index is 0.0116. The molecule has 0 fully saturated rings. The van der Waals surface area contributed by atoms with Crippen molar-refractivity contribution in [1.29, 1.82) is 0 Å². The van der Waals surface area contributed by atoms with Gasteiger partial charge in [0.05, 0.1) is 11.4 Å². The van der Waals surface area contributed by atoms with E-state index in [2.05, 4.69) is 4.98 Å². The summed E-state index contributed by atoms with van der Waals surface area (Å²) in [6, 6.07) is 1.55. The summed E-state index contributed by atoms with van der Waals surface area (Å²) >= 11 is 0. The fourth-order valence-corrected chi connectivity index (χ4v) is 1.74. The van der Waals surface area contributed by atoms with E-state index in [0.717, 1.165) is 30.8 Å². The molecule has 0 radical (unpaired) electrons. The van der Waals surface area contributed by atoms with Crippen LogP contribution in [0.2, 0.25) is 0 Å². The summed E-state index contributed by atoms with van der Waals surface area (Å²) in [5, 5.41) is 0. The molecule has 1 aliphatic heterocycles. The molecule has 4 heteroatoms. The monoisotopic (exact) mass is 198 g/mol. The molecule has 0 amide bonds. The summed E-state index contributed by atoms with van der Waals surface area (Å²) in [7, 11) is 1.91. The maximum absolute atomic E-state index is 12.4. The Bertz CT molecular complexity index is 339. The minimum atomic E-state index is -2.43. The van der Waals surface area contributed by atoms with Crippen molar-refractivity contribution in [2.75, 3.05) is 18.5 Å². The summed E-state index contributed by atoms with van der Waals surface area (Å²) in [5.41, 5.74) is 1.80. The Labute approximate surface area is 81.6 Å². The van der Waals surface area contributed by atoms with Crippen LogP contribution in [0, 0.1) is 0 Å². The molecule has 0 atom stereocenters. The van der Waals surface area contributed by atoms with Crippen LogP contribution in [0.5, 0.6) is 0 Å². The largest absolute Gasteiger partial charge is 0.373 e. The molecule has 0 aliphatic carbocycles. The van der Waals surface area contributed by atoms with Gasteiger partial charge in [0.15, 0.2) is 0 Å². The fraction of sp³-hybridized carbons (Fsp3) is 0.500. The first kappa shape index (κ1) is 9.37. The minimum Gasteiger partial charge on any atom is -0.373 e. The second kappa shape index (κ2) is 3.52. The van der Waals surface area contributed by atoms with Crippen molar-refractivity contribution in [1.82, 2.24) is 4.98 Å². The van der Waals surface area contributed by atoms with E-state index in [0.29, 0.717) is 0 Å². The molecule has 0 saturated heterocycles. The number of halogens is 2. The van der Waals surface area contributed by atoms with E-state index in [1.165, 1.54) is 6.20 Å². The zero-order valence-electron chi connectivity index (χ0n) is 8.00. The van der Waals surface area contributed by atoms with Crippen LogP contribution in [0.1, 0.15) is 24.1 Å². The fourth-order valence-electron chi connectivity index (χ4n) is 1.74. The Balaban J connectivity index is 2.41. The van der Waals surface area contributed by atoms with E-state index in [1.807, 2.05) is 11.9 Å². The SMILES string of the molecule is CN1CCCc2ncc(C(F)F)cc21. The number of fused-ring (bicyclic) bond motifs is 1. The number of hydrogen-bond donors (Lipinski definition) is 0. The Morgan fingerprint density at radius 3 is 3.00 bits per heavy atom. The van der Waals surface area contributed by atoms with E-state index < -0.39 is 6.43 Å². The smallest absolute Gasteiger partial charge is 0.265 e. The summed E-state index contributed by atoms with van der Waals surface area (Å²) in [6.45, 7) is 0.918. The number of aryl methyl sites for hydroxylation is 1. The quantitative estimate of drug-likeness (QED) is 0.688. The van der Waals surface area contributed by atoms with Crippen molar-refractivity contribution in [2.24, 2.45) is 0 Å². The summed E-state index contributed by atoms with van der Waals surface area (Å²) < 4.78 is 24.8. The van der Waals surface area contributed by atoms with Crippen molar-refractivity contribution in [3.63, 3.8) is 0 Å². The number of anilines is 1. The van der Waals surface area contributed by atoms with Gasteiger partial charge in [0.2, 0.25) is 0 Å². The van der Waals surface area contributed by atoms with Crippen LogP contribution in [0.15, 0.2) is 12.3 Å². The molecule has 1 aromatic rings. The van der Waals surface area contributed by atoms with Gasteiger partial charge in [0, 0.05) is 25.4 Å². The highest BCUT2D eigenvalue weighted by atomic mass is 19.3. The lowest BCUT2D eigenvalue weighted by molar-refractivity contribution is 0.151. The standard InChI is InChI=1S/C10H12F2N2/c1-14-4-2-3-8-9(14)5-7(6-13-8)10(11)12/h5-6,10H,2-4H2,1H3. The van der Waals surface area contributed by atoms with Crippen LogP contribution >= 0.6 is 0 Å². The molecule has 2 heterocycles. The first-order chi connectivity index (χ1) is 6.68. The lowest BCUT2D eigenvalue weighted by Gasteiger charge is -2.26. The van der Waals surface area contributed by atoms with Gasteiger partial charge in [-0.05, 0) is 18.9 Å². The normalized spacial score (nSPS) is 15.9. The molecule has 0 N–H and O–H groups in total. The van der Waals surface area contributed by atoms with Gasteiger partial charge in [0.25, 0.3) is 6.43 Å². The summed E-state index contributed by atoms with van der Waals surface area (Å²) in [4.78, 5) is 6.05. The van der Waals surface area contributed by atoms with E-state index in [-0.39, 0.29) is 5.56 Å². The molecule has 14 heavy (non-hydrogen) atoms. The van der Waals surface area contributed by atoms with E-state index in [1.54, 1.807) is 6.07 Å². The van der Waals surface area contributed by atoms with Crippen molar-refractivity contribution in [3.05, 3.63) is 23.5 Å². The number of nitrogens with zero attached hydrogens (tertiary/aromatic N) is 2. The third kappa shape index (κ3) is 1.56. The molecule has 76 valence electrons. The third-order valence-corrected chi connectivity index (χ3v) is 2.54. The highest BCUT2D eigenvalue weighted by molar-refractivity contribution is 5.53. The molecule has 0 saturated carbocycles. The molecule has 1 aliphatic rings. The predicted octanol–water partition coefficient (Wildman–Crippen LogP) is 2.40. The molecule has 0 aromatic carbocycles. The number of hydrogen-bond acceptors (Lipinski definition) is 2. The lowest BCUT2D eigenvalue weighted by Crippen LogP contribution is -2.25. The van der Waals surface area contributed by atoms with Crippen LogP contribution in [0.4, 0.5) is 14.5 Å². The Kier molecular flexibility index (Phi) is 2.35. The zero-order valence-corrected chi connectivity index (χ0v) is 8.00. The van der Waals surface area contributed by atoms with Gasteiger partial charge >= 0.3 is 0 Å². The van der Waals surface area contributed by atoms with Gasteiger partial charge < -0.3 is 4.90 Å². The van der Waals surface area contributed by atoms with Crippen LogP contribution in [0.3, 0.4) is 0 Å². The van der Waals surface area contributed by atoms with E-state index in [9.17, 15) is 8.78 Å². The average molecular weight is 198 g/mol. The van der Waals surface area contributed by atoms with Crippen molar-refractivity contribution >= 4 is 5.69 Å². The molecule has 0 spiro atoms. The Hall–Kier alpha value is -1.19. The number of alkyl halides is 2. The average Bonchev–Trinajstić information content (AvgIpc) is 2.18. The van der Waals surface area contributed by atoms with Gasteiger partial charge in [-0.2, -0.15) is 0 Å². The lowest BCUT2D eigenvalue weighted by atomic mass is 10.1. The Morgan fingerprint density at radius 1 is 1.50 bits per heavy atom. The van der Waals surface area contributed by atoms with E-state index >= 15 is 0 Å². The first-order valence-corrected chi connectivity index (χ1v) is 4.66. The Morgan fingerprint density at radius 2 is 2.29 bits per heavy atom. The second-order valence-electron chi connectivity index (χ2n) is 3.56. The topological polar surface area (TPSA) is 16.1 Å². The van der Waals surface area contributed by atoms with Gasteiger partial charge in [-0.1, -0.05) is 0 Å². The third-order valence-electron chi connectivity index (χ3n) is 2.54. The molecule has 0 unspecified atom stereocenters. The van der Waals surface area contributed by atoms with Gasteiger partial charge in [-0.15, -0.1) is 0 Å². The van der Waals surface area contributed by atoms with Crippen molar-refractivity contribution in [3.8, 4) is 0 Å². The van der Waals surface area contributed by atoms with Gasteiger partial charge in [-0.3, -0.25) is 4.98 Å². The van der Waals surface area contributed by atoms with Crippen LogP contribution in [0.25, 0.3) is 0 Å². The van der Waals surface area contributed by atoms with Crippen LogP contribution < -0.4 is 4.90 Å². The molecular weight excluding hydrogens is 186 g/mol. The van der Waals surface area contributed by atoms with Gasteiger partial charge in [-0.25, -0.2) is 8.78 Å². The molecule has 2 rings (SSSR count). The number of pyridine rings is 1. The van der Waals surface area contributed by atoms with Crippen LogP contribution in [-0.4, -0.2) is 18.6 Å².